The zero-order chi connectivity index (χ0) is 20.6. The number of thiazole rings is 1. The van der Waals surface area contributed by atoms with Gasteiger partial charge in [0.05, 0.1) is 22.4 Å². The molecule has 1 aromatic heterocycles. The molecule has 1 aromatic carbocycles. The lowest BCUT2D eigenvalue weighted by atomic mass is 9.98. The molecule has 158 valence electrons. The number of carbonyl (C=O) groups excluding carboxylic acids is 1. The van der Waals surface area contributed by atoms with Crippen LogP contribution in [0.4, 0.5) is 5.13 Å². The van der Waals surface area contributed by atoms with Gasteiger partial charge in [0.1, 0.15) is 0 Å². The van der Waals surface area contributed by atoms with Crippen molar-refractivity contribution in [2.45, 2.75) is 26.2 Å². The highest BCUT2D eigenvalue weighted by atomic mass is 32.2. The molecule has 29 heavy (non-hydrogen) atoms. The summed E-state index contributed by atoms with van der Waals surface area (Å²) in [5.41, 5.74) is 2.36. The molecule has 2 aliphatic heterocycles. The van der Waals surface area contributed by atoms with Gasteiger partial charge in [0, 0.05) is 39.3 Å². The Morgan fingerprint density at radius 2 is 1.97 bits per heavy atom. The third-order valence-electron chi connectivity index (χ3n) is 5.94. The maximum Gasteiger partial charge on any atom is 0.227 e. The van der Waals surface area contributed by atoms with Gasteiger partial charge in [-0.25, -0.2) is 17.7 Å². The van der Waals surface area contributed by atoms with Gasteiger partial charge in [-0.1, -0.05) is 30.4 Å². The molecule has 0 aliphatic carbocycles. The van der Waals surface area contributed by atoms with Crippen molar-refractivity contribution >= 4 is 42.6 Å². The van der Waals surface area contributed by atoms with Crippen LogP contribution in [0.1, 0.15) is 25.3 Å². The Labute approximate surface area is 176 Å². The van der Waals surface area contributed by atoms with E-state index >= 15 is 0 Å². The molecule has 0 unspecified atom stereocenters. The Kier molecular flexibility index (Phi) is 5.81. The van der Waals surface area contributed by atoms with Crippen molar-refractivity contribution in [1.82, 2.24) is 14.2 Å². The molecule has 0 bridgehead atoms. The Morgan fingerprint density at radius 1 is 1.21 bits per heavy atom. The van der Waals surface area contributed by atoms with E-state index in [-0.39, 0.29) is 11.8 Å². The number of aromatic nitrogens is 1. The van der Waals surface area contributed by atoms with Crippen molar-refractivity contribution in [2.75, 3.05) is 50.4 Å². The number of hydrogen-bond acceptors (Lipinski definition) is 6. The van der Waals surface area contributed by atoms with Crippen molar-refractivity contribution in [1.29, 1.82) is 0 Å². The number of rotatable bonds is 4. The first-order valence-electron chi connectivity index (χ1n) is 10.2. The van der Waals surface area contributed by atoms with Crippen molar-refractivity contribution in [3.05, 3.63) is 23.8 Å². The average molecular weight is 437 g/mol. The number of hydrogen-bond donors (Lipinski definition) is 0. The van der Waals surface area contributed by atoms with E-state index in [2.05, 4.69) is 30.0 Å². The van der Waals surface area contributed by atoms with E-state index in [1.807, 2.05) is 4.90 Å². The number of fused-ring (bicyclic) bond motifs is 1. The summed E-state index contributed by atoms with van der Waals surface area (Å²) in [5, 5.41) is 1.02. The van der Waals surface area contributed by atoms with E-state index in [1.165, 1.54) is 20.8 Å². The van der Waals surface area contributed by atoms with E-state index in [1.54, 1.807) is 11.3 Å². The largest absolute Gasteiger partial charge is 0.345 e. The Hall–Kier alpha value is -1.71. The summed E-state index contributed by atoms with van der Waals surface area (Å²) >= 11 is 1.71. The standard InChI is InChI=1S/C20H28N4O3S2/c1-3-15-6-4-8-17-18(15)21-20(28-17)23-12-10-22(11-13-23)19(25)16-7-5-9-24(14-16)29(2,26)27/h4,6,8,16H,3,5,7,9-14H2,1-2H3/t16-/m0/s1. The van der Waals surface area contributed by atoms with E-state index in [0.29, 0.717) is 26.2 Å². The molecule has 3 heterocycles. The first kappa shape index (κ1) is 20.6. The van der Waals surface area contributed by atoms with Crippen molar-refractivity contribution in [3.8, 4) is 0 Å². The zero-order valence-electron chi connectivity index (χ0n) is 17.0. The molecule has 2 saturated heterocycles. The molecule has 1 atom stereocenters. The number of nitrogens with zero attached hydrogens (tertiary/aromatic N) is 4. The van der Waals surface area contributed by atoms with Crippen LogP contribution in [-0.4, -0.2) is 74.0 Å². The number of piperazine rings is 1. The van der Waals surface area contributed by atoms with Crippen LogP contribution in [0.15, 0.2) is 18.2 Å². The van der Waals surface area contributed by atoms with Gasteiger partial charge in [-0.15, -0.1) is 0 Å². The maximum absolute atomic E-state index is 13.0. The lowest BCUT2D eigenvalue weighted by Crippen LogP contribution is -2.53. The summed E-state index contributed by atoms with van der Waals surface area (Å²) in [5.74, 6) is -0.129. The van der Waals surface area contributed by atoms with Crippen LogP contribution in [0.5, 0.6) is 0 Å². The van der Waals surface area contributed by atoms with E-state index < -0.39 is 10.0 Å². The Bertz CT molecular complexity index is 996. The number of carbonyl (C=O) groups is 1. The number of sulfonamides is 1. The molecule has 0 radical (unpaired) electrons. The highest BCUT2D eigenvalue weighted by molar-refractivity contribution is 7.88. The normalized spacial score (nSPS) is 21.7. The summed E-state index contributed by atoms with van der Waals surface area (Å²) in [6.45, 7) is 5.82. The van der Waals surface area contributed by atoms with Crippen LogP contribution in [0.25, 0.3) is 10.2 Å². The lowest BCUT2D eigenvalue weighted by Gasteiger charge is -2.38. The van der Waals surface area contributed by atoms with Crippen LogP contribution in [0, 0.1) is 5.92 Å². The van der Waals surface area contributed by atoms with Gasteiger partial charge < -0.3 is 9.80 Å². The second kappa shape index (κ2) is 8.20. The van der Waals surface area contributed by atoms with Gasteiger partial charge in [0.2, 0.25) is 15.9 Å². The summed E-state index contributed by atoms with van der Waals surface area (Å²) < 4.78 is 26.3. The summed E-state index contributed by atoms with van der Waals surface area (Å²) in [4.78, 5) is 22.0. The zero-order valence-corrected chi connectivity index (χ0v) is 18.6. The van der Waals surface area contributed by atoms with Crippen LogP contribution >= 0.6 is 11.3 Å². The van der Waals surface area contributed by atoms with Crippen LogP contribution < -0.4 is 4.90 Å². The molecule has 2 aliphatic rings. The van der Waals surface area contributed by atoms with Crippen LogP contribution in [0.3, 0.4) is 0 Å². The molecule has 4 rings (SSSR count). The summed E-state index contributed by atoms with van der Waals surface area (Å²) in [6, 6.07) is 6.34. The molecule has 7 nitrogen and oxygen atoms in total. The summed E-state index contributed by atoms with van der Waals surface area (Å²) in [7, 11) is -3.24. The predicted octanol–water partition coefficient (Wildman–Crippen LogP) is 2.18. The highest BCUT2D eigenvalue weighted by Gasteiger charge is 2.34. The van der Waals surface area contributed by atoms with Crippen LogP contribution in [0.2, 0.25) is 0 Å². The molecule has 0 N–H and O–H groups in total. The van der Waals surface area contributed by atoms with Gasteiger partial charge in [0.25, 0.3) is 0 Å². The maximum atomic E-state index is 13.0. The number of para-hydroxylation sites is 1. The van der Waals surface area contributed by atoms with E-state index in [9.17, 15) is 13.2 Å². The monoisotopic (exact) mass is 436 g/mol. The highest BCUT2D eigenvalue weighted by Crippen LogP contribution is 2.32. The van der Waals surface area contributed by atoms with Crippen molar-refractivity contribution in [3.63, 3.8) is 0 Å². The topological polar surface area (TPSA) is 73.8 Å². The second-order valence-electron chi connectivity index (χ2n) is 7.89. The molecule has 1 amide bonds. The lowest BCUT2D eigenvalue weighted by molar-refractivity contribution is -0.137. The van der Waals surface area contributed by atoms with E-state index in [0.717, 1.165) is 43.0 Å². The second-order valence-corrected chi connectivity index (χ2v) is 10.9. The van der Waals surface area contributed by atoms with Gasteiger partial charge in [0.15, 0.2) is 5.13 Å². The van der Waals surface area contributed by atoms with Crippen molar-refractivity contribution in [2.24, 2.45) is 5.92 Å². The number of amides is 1. The minimum atomic E-state index is -3.24. The Balaban J connectivity index is 1.40. The molecule has 2 aromatic rings. The molecular formula is C20H28N4O3S2. The predicted molar refractivity (Wildman–Crippen MR) is 117 cm³/mol. The van der Waals surface area contributed by atoms with Crippen LogP contribution in [-0.2, 0) is 21.2 Å². The molecule has 2 fully saturated rings. The first-order chi connectivity index (χ1) is 13.9. The van der Waals surface area contributed by atoms with E-state index in [4.69, 9.17) is 4.98 Å². The van der Waals surface area contributed by atoms with Gasteiger partial charge in [-0.05, 0) is 30.9 Å². The van der Waals surface area contributed by atoms with Crippen molar-refractivity contribution < 1.29 is 13.2 Å². The van der Waals surface area contributed by atoms with Gasteiger partial charge in [-0.2, -0.15) is 0 Å². The molecule has 0 spiro atoms. The Morgan fingerprint density at radius 3 is 2.66 bits per heavy atom. The average Bonchev–Trinajstić information content (AvgIpc) is 3.17. The minimum absolute atomic E-state index is 0.0931. The molecule has 0 saturated carbocycles. The minimum Gasteiger partial charge on any atom is -0.345 e. The third kappa shape index (κ3) is 4.27. The fraction of sp³-hybridized carbons (Fsp3) is 0.600. The summed E-state index contributed by atoms with van der Waals surface area (Å²) in [6.07, 6.45) is 3.70. The fourth-order valence-corrected chi connectivity index (χ4v) is 6.21. The van der Waals surface area contributed by atoms with Gasteiger partial charge in [-0.3, -0.25) is 4.79 Å². The molecular weight excluding hydrogens is 408 g/mol. The number of aryl methyl sites for hydroxylation is 1. The third-order valence-corrected chi connectivity index (χ3v) is 8.29. The SMILES string of the molecule is CCc1cccc2sc(N3CCN(C(=O)[C@H]4CCCN(S(C)(=O)=O)C4)CC3)nc12. The molecule has 9 heteroatoms. The quantitative estimate of drug-likeness (QED) is 0.735. The first-order valence-corrected chi connectivity index (χ1v) is 12.9. The number of piperidine rings is 1. The number of anilines is 1. The van der Waals surface area contributed by atoms with Gasteiger partial charge >= 0.3 is 0 Å². The number of benzene rings is 1. The fourth-order valence-electron chi connectivity index (χ4n) is 4.24. The smallest absolute Gasteiger partial charge is 0.227 e.